The van der Waals surface area contributed by atoms with Crippen molar-refractivity contribution in [1.29, 1.82) is 0 Å². The van der Waals surface area contributed by atoms with Crippen LogP contribution in [0.2, 0.25) is 5.02 Å². The van der Waals surface area contributed by atoms with Gasteiger partial charge in [-0.1, -0.05) is 18.5 Å². The molecule has 1 aromatic rings. The van der Waals surface area contributed by atoms with E-state index in [0.717, 1.165) is 10.6 Å². The van der Waals surface area contributed by atoms with Gasteiger partial charge in [0.25, 0.3) is 0 Å². The number of hydrogen-bond donors (Lipinski definition) is 3. The molecule has 0 saturated carbocycles. The summed E-state index contributed by atoms with van der Waals surface area (Å²) in [5.41, 5.74) is 0.650. The summed E-state index contributed by atoms with van der Waals surface area (Å²) in [7, 11) is 0. The molecule has 7 heteroatoms. The first-order valence-electron chi connectivity index (χ1n) is 6.84. The molecular formula is C14H19ClN2O3S. The summed E-state index contributed by atoms with van der Waals surface area (Å²) < 4.78 is 0. The average Bonchev–Trinajstić information content (AvgIpc) is 2.83. The van der Waals surface area contributed by atoms with Gasteiger partial charge in [0, 0.05) is 16.5 Å². The normalized spacial score (nSPS) is 21.6. The molecule has 0 unspecified atom stereocenters. The van der Waals surface area contributed by atoms with Crippen molar-refractivity contribution in [2.45, 2.75) is 30.4 Å². The minimum atomic E-state index is -0.586. The first-order chi connectivity index (χ1) is 10.0. The van der Waals surface area contributed by atoms with Gasteiger partial charge in [-0.3, -0.25) is 0 Å². The number of nitrogens with zero attached hydrogens (tertiary/aromatic N) is 1. The second kappa shape index (κ2) is 7.35. The molecule has 0 spiro atoms. The van der Waals surface area contributed by atoms with Gasteiger partial charge < -0.3 is 20.4 Å². The molecule has 2 rings (SSSR count). The molecule has 0 aromatic heterocycles. The van der Waals surface area contributed by atoms with Crippen molar-refractivity contribution in [2.75, 3.05) is 24.2 Å². The van der Waals surface area contributed by atoms with Crippen molar-refractivity contribution < 1.29 is 15.0 Å². The lowest BCUT2D eigenvalue weighted by Gasteiger charge is -2.23. The fraction of sp³-hybridized carbons (Fsp3) is 0.500. The maximum absolute atomic E-state index is 12.3. The Morgan fingerprint density at radius 1 is 1.57 bits per heavy atom. The first kappa shape index (κ1) is 16.4. The van der Waals surface area contributed by atoms with Crippen molar-refractivity contribution in [3.05, 3.63) is 23.2 Å². The molecule has 1 fully saturated rings. The number of nitrogens with one attached hydrogen (secondary N) is 1. The largest absolute Gasteiger partial charge is 0.394 e. The molecule has 2 atom stereocenters. The third kappa shape index (κ3) is 4.03. The maximum atomic E-state index is 12.3. The van der Waals surface area contributed by atoms with E-state index in [-0.39, 0.29) is 25.2 Å². The fourth-order valence-electron chi connectivity index (χ4n) is 2.38. The van der Waals surface area contributed by atoms with E-state index in [1.165, 1.54) is 4.90 Å². The molecule has 1 aromatic carbocycles. The van der Waals surface area contributed by atoms with Gasteiger partial charge in [-0.15, -0.1) is 11.8 Å². The molecule has 1 heterocycles. The minimum absolute atomic E-state index is 0.156. The zero-order valence-electron chi connectivity index (χ0n) is 11.8. The summed E-state index contributed by atoms with van der Waals surface area (Å²) in [5.74, 6) is 0.881. The van der Waals surface area contributed by atoms with Crippen LogP contribution in [0.25, 0.3) is 0 Å². The lowest BCUT2D eigenvalue weighted by Crippen LogP contribution is -2.40. The molecule has 21 heavy (non-hydrogen) atoms. The molecule has 1 saturated heterocycles. The lowest BCUT2D eigenvalue weighted by atomic mass is 10.2. The molecule has 0 aliphatic carbocycles. The van der Waals surface area contributed by atoms with Gasteiger partial charge in [0.05, 0.1) is 24.4 Å². The smallest absolute Gasteiger partial charge is 0.322 e. The van der Waals surface area contributed by atoms with E-state index in [4.69, 9.17) is 11.6 Å². The quantitative estimate of drug-likeness (QED) is 0.741. The fourth-order valence-corrected chi connectivity index (χ4v) is 3.29. The number of anilines is 1. The van der Waals surface area contributed by atoms with Crippen LogP contribution in [-0.4, -0.2) is 52.2 Å². The number of thioether (sulfide) groups is 1. The number of rotatable bonds is 4. The van der Waals surface area contributed by atoms with Crippen LogP contribution >= 0.6 is 23.4 Å². The van der Waals surface area contributed by atoms with Crippen LogP contribution in [0.3, 0.4) is 0 Å². The van der Waals surface area contributed by atoms with Gasteiger partial charge in [0.1, 0.15) is 0 Å². The van der Waals surface area contributed by atoms with E-state index < -0.39 is 6.10 Å². The summed E-state index contributed by atoms with van der Waals surface area (Å²) in [4.78, 5) is 14.7. The van der Waals surface area contributed by atoms with Crippen molar-refractivity contribution in [3.8, 4) is 0 Å². The summed E-state index contributed by atoms with van der Waals surface area (Å²) in [5, 5.41) is 22.3. The second-order valence-electron chi connectivity index (χ2n) is 4.88. The van der Waals surface area contributed by atoms with E-state index in [1.54, 1.807) is 23.9 Å². The van der Waals surface area contributed by atoms with Crippen molar-refractivity contribution in [2.24, 2.45) is 0 Å². The molecule has 5 nitrogen and oxygen atoms in total. The summed E-state index contributed by atoms with van der Waals surface area (Å²) >= 11 is 7.60. The first-order valence-corrected chi connectivity index (χ1v) is 8.20. The zero-order valence-corrected chi connectivity index (χ0v) is 13.3. The Labute approximate surface area is 133 Å². The van der Waals surface area contributed by atoms with Crippen LogP contribution in [0.15, 0.2) is 23.1 Å². The number of urea groups is 1. The Balaban J connectivity index is 2.13. The van der Waals surface area contributed by atoms with Gasteiger partial charge >= 0.3 is 6.03 Å². The Kier molecular flexibility index (Phi) is 5.75. The van der Waals surface area contributed by atoms with Gasteiger partial charge in [-0.25, -0.2) is 4.79 Å². The van der Waals surface area contributed by atoms with E-state index in [0.29, 0.717) is 17.1 Å². The van der Waals surface area contributed by atoms with Crippen LogP contribution in [0.5, 0.6) is 0 Å². The summed E-state index contributed by atoms with van der Waals surface area (Å²) in [6, 6.07) is 4.69. The van der Waals surface area contributed by atoms with Gasteiger partial charge in [0.15, 0.2) is 0 Å². The standard InChI is InChI=1S/C14H19ClN2O3S/c1-2-21-13-4-3-9(15)5-12(13)16-14(20)17-7-11(19)6-10(17)8-18/h3-5,10-11,18-19H,2,6-8H2,1H3,(H,16,20)/t10-,11-/m1/s1. The van der Waals surface area contributed by atoms with Crippen molar-refractivity contribution >= 4 is 35.1 Å². The van der Waals surface area contributed by atoms with E-state index in [2.05, 4.69) is 5.32 Å². The average molecular weight is 331 g/mol. The van der Waals surface area contributed by atoms with Gasteiger partial charge in [0.2, 0.25) is 0 Å². The molecule has 3 N–H and O–H groups in total. The number of benzene rings is 1. The number of carbonyl (C=O) groups excluding carboxylic acids is 1. The van der Waals surface area contributed by atoms with Gasteiger partial charge in [-0.2, -0.15) is 0 Å². The zero-order chi connectivity index (χ0) is 15.4. The molecule has 2 amide bonds. The Hall–Kier alpha value is -0.950. The van der Waals surface area contributed by atoms with Crippen LogP contribution in [0, 0.1) is 0 Å². The maximum Gasteiger partial charge on any atom is 0.322 e. The highest BCUT2D eigenvalue weighted by molar-refractivity contribution is 7.99. The van der Waals surface area contributed by atoms with Crippen LogP contribution in [0.1, 0.15) is 13.3 Å². The van der Waals surface area contributed by atoms with Crippen molar-refractivity contribution in [1.82, 2.24) is 4.90 Å². The number of likely N-dealkylation sites (tertiary alicyclic amines) is 1. The monoisotopic (exact) mass is 330 g/mol. The highest BCUT2D eigenvalue weighted by Crippen LogP contribution is 2.30. The highest BCUT2D eigenvalue weighted by atomic mass is 35.5. The molecule has 1 aliphatic rings. The number of amides is 2. The van der Waals surface area contributed by atoms with Crippen LogP contribution in [-0.2, 0) is 0 Å². The molecular weight excluding hydrogens is 312 g/mol. The number of aliphatic hydroxyl groups excluding tert-OH is 2. The topological polar surface area (TPSA) is 72.8 Å². The molecule has 0 bridgehead atoms. The predicted octanol–water partition coefficient (Wildman–Crippen LogP) is 2.41. The van der Waals surface area contributed by atoms with Crippen LogP contribution < -0.4 is 5.32 Å². The second-order valence-corrected chi connectivity index (χ2v) is 6.62. The van der Waals surface area contributed by atoms with Crippen LogP contribution in [0.4, 0.5) is 10.5 Å². The minimum Gasteiger partial charge on any atom is -0.394 e. The highest BCUT2D eigenvalue weighted by Gasteiger charge is 2.34. The lowest BCUT2D eigenvalue weighted by molar-refractivity contribution is 0.164. The number of aliphatic hydroxyl groups is 2. The Morgan fingerprint density at radius 2 is 2.33 bits per heavy atom. The number of hydrogen-bond acceptors (Lipinski definition) is 4. The number of halogens is 1. The number of carbonyl (C=O) groups is 1. The summed E-state index contributed by atoms with van der Waals surface area (Å²) in [6.07, 6.45) is -0.188. The van der Waals surface area contributed by atoms with E-state index >= 15 is 0 Å². The van der Waals surface area contributed by atoms with E-state index in [1.807, 2.05) is 13.0 Å². The predicted molar refractivity (Wildman–Crippen MR) is 85.1 cm³/mol. The SMILES string of the molecule is CCSc1ccc(Cl)cc1NC(=O)N1C[C@H](O)C[C@@H]1CO. The van der Waals surface area contributed by atoms with Crippen molar-refractivity contribution in [3.63, 3.8) is 0 Å². The Morgan fingerprint density at radius 3 is 3.00 bits per heavy atom. The van der Waals surface area contributed by atoms with E-state index in [9.17, 15) is 15.0 Å². The number of β-amino-alcohol motifs (C(OH)–C–C–N with tert-alkyl or cyclic N) is 1. The third-order valence-corrected chi connectivity index (χ3v) is 4.54. The van der Waals surface area contributed by atoms with Gasteiger partial charge in [-0.05, 0) is 30.4 Å². The Bertz CT molecular complexity index is 515. The molecule has 116 valence electrons. The summed E-state index contributed by atoms with van der Waals surface area (Å²) in [6.45, 7) is 2.11. The molecule has 0 radical (unpaired) electrons. The third-order valence-electron chi connectivity index (χ3n) is 3.35. The molecule has 1 aliphatic heterocycles.